The van der Waals surface area contributed by atoms with Crippen LogP contribution in [0.15, 0.2) is 84.9 Å². The molecule has 3 aliphatic heterocycles. The van der Waals surface area contributed by atoms with Crippen LogP contribution < -0.4 is 5.32 Å². The fourth-order valence-corrected chi connectivity index (χ4v) is 5.82. The van der Waals surface area contributed by atoms with Gasteiger partial charge in [-0.15, -0.1) is 0 Å². The number of piperidine rings is 3. The maximum absolute atomic E-state index is 4.04. The zero-order valence-electron chi connectivity index (χ0n) is 18.6. The average Bonchev–Trinajstić information content (AvgIpc) is 2.86. The molecule has 2 atom stereocenters. The normalized spacial score (nSPS) is 25.1. The van der Waals surface area contributed by atoms with Gasteiger partial charge in [0.1, 0.15) is 0 Å². The summed E-state index contributed by atoms with van der Waals surface area (Å²) in [6.07, 6.45) is 3.74. The summed E-state index contributed by atoms with van der Waals surface area (Å²) in [5, 5.41) is 4.04. The number of hydrogen-bond acceptors (Lipinski definition) is 2. The molecule has 0 aliphatic carbocycles. The Morgan fingerprint density at radius 2 is 1.32 bits per heavy atom. The van der Waals surface area contributed by atoms with Crippen molar-refractivity contribution in [2.24, 2.45) is 5.92 Å². The Hall–Kier alpha value is -2.42. The van der Waals surface area contributed by atoms with Gasteiger partial charge >= 0.3 is 0 Å². The van der Waals surface area contributed by atoms with Gasteiger partial charge in [0.2, 0.25) is 0 Å². The van der Waals surface area contributed by atoms with E-state index in [4.69, 9.17) is 0 Å². The zero-order chi connectivity index (χ0) is 21.0. The third kappa shape index (κ3) is 4.33. The quantitative estimate of drug-likeness (QED) is 0.543. The van der Waals surface area contributed by atoms with Crippen molar-refractivity contribution in [3.63, 3.8) is 0 Å². The van der Waals surface area contributed by atoms with Gasteiger partial charge in [0.25, 0.3) is 0 Å². The second kappa shape index (κ2) is 9.38. The fraction of sp³-hybridized carbons (Fsp3) is 0.379. The van der Waals surface area contributed by atoms with E-state index in [1.54, 1.807) is 0 Å². The van der Waals surface area contributed by atoms with E-state index >= 15 is 0 Å². The van der Waals surface area contributed by atoms with Crippen molar-refractivity contribution in [2.75, 3.05) is 13.1 Å². The molecule has 160 valence electrons. The van der Waals surface area contributed by atoms with Crippen LogP contribution in [-0.2, 0) is 13.0 Å². The Morgan fingerprint density at radius 1 is 0.774 bits per heavy atom. The molecule has 3 saturated heterocycles. The molecular formula is C29H34N2. The molecule has 3 aliphatic rings. The maximum atomic E-state index is 4.04. The Bertz CT molecular complexity index is 904. The number of rotatable bonds is 7. The number of aryl methyl sites for hydroxylation is 1. The second-order valence-corrected chi connectivity index (χ2v) is 9.24. The van der Waals surface area contributed by atoms with Gasteiger partial charge < -0.3 is 5.32 Å². The standard InChI is InChI=1S/C29H34N2/c1-2-22-13-15-23(16-14-22)21-30-28-26-17-19-31(20-18-26)29(28)27(24-9-5-3-6-10-24)25-11-7-4-8-12-25/h3-16,26-30H,2,17-21H2,1H3/t28-,29+/m1/s1. The van der Waals surface area contributed by atoms with Crippen molar-refractivity contribution in [3.05, 3.63) is 107 Å². The molecule has 0 radical (unpaired) electrons. The third-order valence-corrected chi connectivity index (χ3v) is 7.50. The molecular weight excluding hydrogens is 376 g/mol. The SMILES string of the molecule is CCc1ccc(CN[C@@H]2C3CCN(CC3)[C@H]2C(c2ccccc2)c2ccccc2)cc1. The van der Waals surface area contributed by atoms with Crippen molar-refractivity contribution >= 4 is 0 Å². The summed E-state index contributed by atoms with van der Waals surface area (Å²) in [5.74, 6) is 1.16. The topological polar surface area (TPSA) is 15.3 Å². The van der Waals surface area contributed by atoms with Gasteiger partial charge in [-0.1, -0.05) is 91.9 Å². The minimum absolute atomic E-state index is 0.394. The smallest absolute Gasteiger partial charge is 0.0361 e. The van der Waals surface area contributed by atoms with Crippen LogP contribution in [-0.4, -0.2) is 30.1 Å². The average molecular weight is 411 g/mol. The summed E-state index contributed by atoms with van der Waals surface area (Å²) in [6.45, 7) is 5.63. The van der Waals surface area contributed by atoms with Gasteiger partial charge in [0.05, 0.1) is 0 Å². The van der Waals surface area contributed by atoms with Crippen LogP contribution in [0.25, 0.3) is 0 Å². The Morgan fingerprint density at radius 3 is 1.87 bits per heavy atom. The van der Waals surface area contributed by atoms with Crippen molar-refractivity contribution in [2.45, 2.75) is 50.7 Å². The highest BCUT2D eigenvalue weighted by molar-refractivity contribution is 5.36. The fourth-order valence-electron chi connectivity index (χ4n) is 5.82. The first-order valence-corrected chi connectivity index (χ1v) is 12.0. The predicted molar refractivity (Wildman–Crippen MR) is 129 cm³/mol. The van der Waals surface area contributed by atoms with Gasteiger partial charge in [0, 0.05) is 24.5 Å². The Kier molecular flexibility index (Phi) is 6.20. The van der Waals surface area contributed by atoms with Crippen molar-refractivity contribution in [1.82, 2.24) is 10.2 Å². The minimum atomic E-state index is 0.394. The largest absolute Gasteiger partial charge is 0.308 e. The number of nitrogens with one attached hydrogen (secondary N) is 1. The Labute approximate surface area is 187 Å². The van der Waals surface area contributed by atoms with E-state index in [1.807, 2.05) is 0 Å². The lowest BCUT2D eigenvalue weighted by Crippen LogP contribution is -2.64. The number of hydrogen-bond donors (Lipinski definition) is 1. The van der Waals surface area contributed by atoms with E-state index in [2.05, 4.69) is 102 Å². The molecule has 2 heteroatoms. The highest BCUT2D eigenvalue weighted by Crippen LogP contribution is 2.42. The summed E-state index contributed by atoms with van der Waals surface area (Å²) in [6, 6.07) is 32.5. The van der Waals surface area contributed by atoms with E-state index < -0.39 is 0 Å². The van der Waals surface area contributed by atoms with Crippen LogP contribution in [0.5, 0.6) is 0 Å². The summed E-state index contributed by atoms with van der Waals surface area (Å²) in [5.41, 5.74) is 5.68. The van der Waals surface area contributed by atoms with Gasteiger partial charge in [0.15, 0.2) is 0 Å². The summed E-state index contributed by atoms with van der Waals surface area (Å²) in [7, 11) is 0. The molecule has 3 aromatic carbocycles. The van der Waals surface area contributed by atoms with Crippen LogP contribution in [0.3, 0.4) is 0 Å². The molecule has 6 rings (SSSR count). The third-order valence-electron chi connectivity index (χ3n) is 7.50. The monoisotopic (exact) mass is 410 g/mol. The first-order valence-electron chi connectivity index (χ1n) is 12.0. The van der Waals surface area contributed by atoms with Crippen LogP contribution in [0.4, 0.5) is 0 Å². The molecule has 3 fully saturated rings. The minimum Gasteiger partial charge on any atom is -0.308 e. The zero-order valence-corrected chi connectivity index (χ0v) is 18.6. The lowest BCUT2D eigenvalue weighted by atomic mass is 9.70. The number of benzene rings is 3. The van der Waals surface area contributed by atoms with E-state index in [-0.39, 0.29) is 0 Å². The van der Waals surface area contributed by atoms with Crippen LogP contribution in [0, 0.1) is 5.92 Å². The highest BCUT2D eigenvalue weighted by Gasteiger charge is 2.46. The molecule has 0 amide bonds. The molecule has 1 N–H and O–H groups in total. The van der Waals surface area contributed by atoms with Gasteiger partial charge in [-0.2, -0.15) is 0 Å². The summed E-state index contributed by atoms with van der Waals surface area (Å²) >= 11 is 0. The Balaban J connectivity index is 1.46. The molecule has 3 heterocycles. The predicted octanol–water partition coefficient (Wildman–Crippen LogP) is 5.63. The van der Waals surface area contributed by atoms with Crippen molar-refractivity contribution < 1.29 is 0 Å². The van der Waals surface area contributed by atoms with E-state index in [1.165, 1.54) is 48.2 Å². The number of fused-ring (bicyclic) bond motifs is 3. The van der Waals surface area contributed by atoms with Crippen LogP contribution >= 0.6 is 0 Å². The van der Waals surface area contributed by atoms with Crippen molar-refractivity contribution in [3.8, 4) is 0 Å². The highest BCUT2D eigenvalue weighted by atomic mass is 15.2. The van der Waals surface area contributed by atoms with E-state index in [0.717, 1.165) is 18.9 Å². The molecule has 3 aromatic rings. The van der Waals surface area contributed by atoms with Gasteiger partial charge in [-0.05, 0) is 60.5 Å². The lowest BCUT2D eigenvalue weighted by Gasteiger charge is -2.54. The molecule has 0 spiro atoms. The molecule has 31 heavy (non-hydrogen) atoms. The van der Waals surface area contributed by atoms with Crippen LogP contribution in [0.1, 0.15) is 47.9 Å². The second-order valence-electron chi connectivity index (χ2n) is 9.24. The molecule has 0 unspecified atom stereocenters. The molecule has 0 aromatic heterocycles. The molecule has 2 bridgehead atoms. The summed E-state index contributed by atoms with van der Waals surface area (Å²) in [4.78, 5) is 2.77. The van der Waals surface area contributed by atoms with Crippen molar-refractivity contribution in [1.29, 1.82) is 0 Å². The van der Waals surface area contributed by atoms with Gasteiger partial charge in [-0.3, -0.25) is 4.90 Å². The number of nitrogens with zero attached hydrogens (tertiary/aromatic N) is 1. The summed E-state index contributed by atoms with van der Waals surface area (Å²) < 4.78 is 0. The van der Waals surface area contributed by atoms with E-state index in [0.29, 0.717) is 18.0 Å². The maximum Gasteiger partial charge on any atom is 0.0361 e. The van der Waals surface area contributed by atoms with Gasteiger partial charge in [-0.25, -0.2) is 0 Å². The molecule has 0 saturated carbocycles. The first kappa shape index (κ1) is 20.5. The lowest BCUT2D eigenvalue weighted by molar-refractivity contribution is 0.00468. The first-order chi connectivity index (χ1) is 15.3. The molecule has 2 nitrogen and oxygen atoms in total. The van der Waals surface area contributed by atoms with Crippen LogP contribution in [0.2, 0.25) is 0 Å². The van der Waals surface area contributed by atoms with E-state index in [9.17, 15) is 0 Å².